The highest BCUT2D eigenvalue weighted by Crippen LogP contribution is 2.38. The van der Waals surface area contributed by atoms with E-state index in [2.05, 4.69) is 25.2 Å². The van der Waals surface area contributed by atoms with E-state index in [4.69, 9.17) is 9.47 Å². The van der Waals surface area contributed by atoms with Gasteiger partial charge in [0.2, 0.25) is 5.91 Å². The van der Waals surface area contributed by atoms with E-state index in [1.165, 1.54) is 25.4 Å². The fourth-order valence-electron chi connectivity index (χ4n) is 7.30. The second-order valence-electron chi connectivity index (χ2n) is 15.4. The third kappa shape index (κ3) is 12.4. The average molecular weight is 755 g/mol. The molecule has 292 valence electrons. The average Bonchev–Trinajstić information content (AvgIpc) is 3.80. The molecule has 1 aliphatic carbocycles. The number of nitrogens with zero attached hydrogens (tertiary/aromatic N) is 5. The molecule has 0 bridgehead atoms. The molecule has 6 atom stereocenters. The lowest BCUT2D eigenvalue weighted by atomic mass is 9.88. The molecule has 1 saturated carbocycles. The van der Waals surface area contributed by atoms with Crippen molar-refractivity contribution in [1.29, 1.82) is 0 Å². The van der Waals surface area contributed by atoms with Gasteiger partial charge < -0.3 is 19.7 Å². The fourth-order valence-corrected chi connectivity index (χ4v) is 8.14. The number of hydrogen-bond acceptors (Lipinski definition) is 12. The van der Waals surface area contributed by atoms with Crippen molar-refractivity contribution in [2.24, 2.45) is 23.7 Å². The van der Waals surface area contributed by atoms with Crippen molar-refractivity contribution in [3.8, 4) is 0 Å². The number of likely N-dealkylation sites (tertiary alicyclic amines) is 1. The second kappa shape index (κ2) is 19.5. The van der Waals surface area contributed by atoms with Crippen LogP contribution in [0.15, 0.2) is 17.8 Å². The Balaban J connectivity index is 1.50. The maximum Gasteiger partial charge on any atom is 0.308 e. The van der Waals surface area contributed by atoms with E-state index in [1.54, 1.807) is 36.6 Å². The molecule has 2 aliphatic rings. The largest absolute Gasteiger partial charge is 0.469 e. The Morgan fingerprint density at radius 2 is 1.75 bits per heavy atom. The number of likely N-dealkylation sites (N-methyl/N-ethyl adjacent to an activating group) is 1. The van der Waals surface area contributed by atoms with E-state index in [0.29, 0.717) is 36.0 Å². The van der Waals surface area contributed by atoms with Gasteiger partial charge in [-0.05, 0) is 63.6 Å². The molecular weight excluding hydrogens is 697 g/mol. The SMILES string of the molecule is COC(=O)[C@@H](C)C[C@H](Cc1ncc(C)cn1)NC(=O)c1csc([C@@H](C[C@H](C(C)C)N(C)C(=O)[C@@H](CC(=O)[C@H]2CCCCN2C)CC2CC2)OC(C)=O)n1. The zero-order valence-electron chi connectivity index (χ0n) is 32.6. The number of hydrogen-bond donors (Lipinski definition) is 1. The number of amides is 2. The number of piperidine rings is 1. The minimum atomic E-state index is -0.808. The van der Waals surface area contributed by atoms with Crippen molar-refractivity contribution < 1.29 is 33.4 Å². The van der Waals surface area contributed by atoms with Gasteiger partial charge in [0.05, 0.1) is 19.1 Å². The van der Waals surface area contributed by atoms with Crippen LogP contribution in [0.4, 0.5) is 0 Å². The first-order valence-corrected chi connectivity index (χ1v) is 19.8. The highest BCUT2D eigenvalue weighted by Gasteiger charge is 2.38. The van der Waals surface area contributed by atoms with Crippen molar-refractivity contribution in [2.45, 2.75) is 123 Å². The summed E-state index contributed by atoms with van der Waals surface area (Å²) in [5.41, 5.74) is 1.05. The van der Waals surface area contributed by atoms with E-state index in [0.717, 1.165) is 44.2 Å². The summed E-state index contributed by atoms with van der Waals surface area (Å²) in [6.45, 7) is 9.88. The van der Waals surface area contributed by atoms with Gasteiger partial charge in [0, 0.05) is 69.0 Å². The molecule has 1 N–H and O–H groups in total. The van der Waals surface area contributed by atoms with E-state index in [1.807, 2.05) is 27.8 Å². The summed E-state index contributed by atoms with van der Waals surface area (Å²) < 4.78 is 10.7. The Hall–Kier alpha value is -3.78. The van der Waals surface area contributed by atoms with Crippen molar-refractivity contribution in [1.82, 2.24) is 30.1 Å². The number of rotatable bonds is 19. The molecule has 14 heteroatoms. The van der Waals surface area contributed by atoms with Gasteiger partial charge in [-0.3, -0.25) is 28.9 Å². The number of carbonyl (C=O) groups is 5. The van der Waals surface area contributed by atoms with Gasteiger partial charge >= 0.3 is 11.9 Å². The zero-order valence-corrected chi connectivity index (χ0v) is 33.4. The van der Waals surface area contributed by atoms with Crippen LogP contribution in [0, 0.1) is 30.6 Å². The maximum absolute atomic E-state index is 14.2. The van der Waals surface area contributed by atoms with E-state index in [-0.39, 0.29) is 54.2 Å². The minimum Gasteiger partial charge on any atom is -0.469 e. The van der Waals surface area contributed by atoms with Crippen molar-refractivity contribution >= 4 is 40.9 Å². The van der Waals surface area contributed by atoms with Crippen LogP contribution in [0.2, 0.25) is 0 Å². The predicted molar refractivity (Wildman–Crippen MR) is 201 cm³/mol. The Morgan fingerprint density at radius 3 is 2.36 bits per heavy atom. The molecule has 4 rings (SSSR count). The Kier molecular flexibility index (Phi) is 15.5. The first kappa shape index (κ1) is 42.0. The molecule has 1 aliphatic heterocycles. The normalized spacial score (nSPS) is 19.1. The summed E-state index contributed by atoms with van der Waals surface area (Å²) in [5.74, 6) is -1.18. The second-order valence-corrected chi connectivity index (χ2v) is 16.3. The van der Waals surface area contributed by atoms with Crippen LogP contribution in [-0.2, 0) is 35.1 Å². The molecule has 13 nitrogen and oxygen atoms in total. The van der Waals surface area contributed by atoms with E-state index >= 15 is 0 Å². The van der Waals surface area contributed by atoms with Crippen LogP contribution in [0.1, 0.15) is 118 Å². The number of nitrogens with one attached hydrogen (secondary N) is 1. The molecule has 0 spiro atoms. The lowest BCUT2D eigenvalue weighted by Crippen LogP contribution is -2.47. The number of carbonyl (C=O) groups excluding carboxylic acids is 5. The number of ketones is 1. The summed E-state index contributed by atoms with van der Waals surface area (Å²) in [5, 5.41) is 5.04. The molecule has 2 amide bonds. The van der Waals surface area contributed by atoms with Crippen LogP contribution < -0.4 is 5.32 Å². The summed E-state index contributed by atoms with van der Waals surface area (Å²) in [6.07, 6.45) is 9.47. The summed E-state index contributed by atoms with van der Waals surface area (Å²) >= 11 is 1.20. The number of aryl methyl sites for hydroxylation is 1. The van der Waals surface area contributed by atoms with E-state index < -0.39 is 35.9 Å². The lowest BCUT2D eigenvalue weighted by Gasteiger charge is -2.36. The third-order valence-corrected chi connectivity index (χ3v) is 11.4. The number of ether oxygens (including phenoxy) is 2. The van der Waals surface area contributed by atoms with Gasteiger partial charge in [0.25, 0.3) is 5.91 Å². The van der Waals surface area contributed by atoms with Gasteiger partial charge in [0.15, 0.2) is 11.9 Å². The van der Waals surface area contributed by atoms with Crippen LogP contribution in [0.25, 0.3) is 0 Å². The quantitative estimate of drug-likeness (QED) is 0.190. The minimum absolute atomic E-state index is 0.00644. The molecule has 2 aromatic rings. The molecule has 53 heavy (non-hydrogen) atoms. The van der Waals surface area contributed by atoms with Crippen LogP contribution in [0.5, 0.6) is 0 Å². The van der Waals surface area contributed by atoms with Crippen LogP contribution in [0.3, 0.4) is 0 Å². The molecule has 2 aromatic heterocycles. The van der Waals surface area contributed by atoms with Gasteiger partial charge in [-0.1, -0.05) is 40.0 Å². The number of methoxy groups -OCH3 is 1. The predicted octanol–water partition coefficient (Wildman–Crippen LogP) is 5.12. The van der Waals surface area contributed by atoms with Gasteiger partial charge in [-0.15, -0.1) is 11.3 Å². The number of thiazole rings is 1. The summed E-state index contributed by atoms with van der Waals surface area (Å²) in [6, 6.07) is -0.967. The first-order chi connectivity index (χ1) is 25.2. The topological polar surface area (TPSA) is 161 Å². The monoisotopic (exact) mass is 754 g/mol. The van der Waals surface area contributed by atoms with Crippen molar-refractivity contribution in [2.75, 3.05) is 27.7 Å². The Labute approximate surface area is 318 Å². The smallest absolute Gasteiger partial charge is 0.308 e. The first-order valence-electron chi connectivity index (χ1n) is 18.9. The molecule has 0 unspecified atom stereocenters. The van der Waals surface area contributed by atoms with Crippen LogP contribution >= 0.6 is 11.3 Å². The van der Waals surface area contributed by atoms with E-state index in [9.17, 15) is 24.0 Å². The van der Waals surface area contributed by atoms with Gasteiger partial charge in [-0.2, -0.15) is 0 Å². The fraction of sp³-hybridized carbons (Fsp3) is 0.692. The Bertz CT molecular complexity index is 1560. The third-order valence-electron chi connectivity index (χ3n) is 10.5. The zero-order chi connectivity index (χ0) is 38.8. The van der Waals surface area contributed by atoms with Crippen molar-refractivity contribution in [3.63, 3.8) is 0 Å². The standard InChI is InChI=1S/C39H58N6O7S/c1-23(2)32(45(7)38(49)28(16-27-12-13-27)17-33(47)31-11-9-10-14-44(31)6)19-34(52-26(5)46)37-43-30(22-53-37)36(48)42-29(15-25(4)39(50)51-8)18-35-40-20-24(3)21-41-35/h20-23,25,27-29,31-32,34H,9-19H2,1-8H3,(H,42,48)/t25-,28+,29+,31+,32+,34+/m0/s1. The number of esters is 2. The van der Waals surface area contributed by atoms with Gasteiger partial charge in [-0.25, -0.2) is 15.0 Å². The molecule has 3 heterocycles. The number of Topliss-reactive ketones (excluding diaryl/α,β-unsaturated/α-hetero) is 1. The highest BCUT2D eigenvalue weighted by atomic mass is 32.1. The molecular formula is C39H58N6O7S. The van der Waals surface area contributed by atoms with Crippen LogP contribution in [-0.4, -0.2) is 100 Å². The summed E-state index contributed by atoms with van der Waals surface area (Å²) in [7, 11) is 5.10. The molecule has 2 fully saturated rings. The lowest BCUT2D eigenvalue weighted by molar-refractivity contribution is -0.149. The molecule has 1 saturated heterocycles. The molecule has 0 aromatic carbocycles. The molecule has 0 radical (unpaired) electrons. The highest BCUT2D eigenvalue weighted by molar-refractivity contribution is 7.09. The van der Waals surface area contributed by atoms with Gasteiger partial charge in [0.1, 0.15) is 16.5 Å². The maximum atomic E-state index is 14.2. The number of aromatic nitrogens is 3. The summed E-state index contributed by atoms with van der Waals surface area (Å²) in [4.78, 5) is 83.2. The van der Waals surface area contributed by atoms with Crippen molar-refractivity contribution in [3.05, 3.63) is 39.9 Å². The Morgan fingerprint density at radius 1 is 1.06 bits per heavy atom.